The zero-order valence-electron chi connectivity index (χ0n) is 9.59. The zero-order chi connectivity index (χ0) is 11.0. The Balaban J connectivity index is 2.90. The molecule has 0 N–H and O–H groups in total. The first-order chi connectivity index (χ1) is 7.11. The molecule has 0 aliphatic rings. The number of allylic oxidation sites excluding steroid dienone is 1. The SMILES string of the molecule is C=C(C)c1c(C)cc2ccccc2c1C. The summed E-state index contributed by atoms with van der Waals surface area (Å²) in [5.74, 6) is 0. The van der Waals surface area contributed by atoms with Crippen LogP contribution in [0.25, 0.3) is 16.3 Å². The van der Waals surface area contributed by atoms with Crippen molar-refractivity contribution in [3.63, 3.8) is 0 Å². The summed E-state index contributed by atoms with van der Waals surface area (Å²) < 4.78 is 0. The molecule has 0 aliphatic heterocycles. The van der Waals surface area contributed by atoms with E-state index in [1.54, 1.807) is 0 Å². The number of rotatable bonds is 1. The molecule has 0 heterocycles. The van der Waals surface area contributed by atoms with Gasteiger partial charge < -0.3 is 0 Å². The van der Waals surface area contributed by atoms with E-state index in [9.17, 15) is 0 Å². The Labute approximate surface area is 91.2 Å². The van der Waals surface area contributed by atoms with Gasteiger partial charge in [0.25, 0.3) is 0 Å². The Morgan fingerprint density at radius 2 is 1.80 bits per heavy atom. The van der Waals surface area contributed by atoms with Crippen molar-refractivity contribution in [3.8, 4) is 0 Å². The standard InChI is InChI=1S/C15H16/c1-10(2)15-11(3)9-13-7-5-6-8-14(13)12(15)4/h5-9H,1H2,2-4H3. The fourth-order valence-electron chi connectivity index (χ4n) is 2.36. The van der Waals surface area contributed by atoms with Gasteiger partial charge in [0.2, 0.25) is 0 Å². The molecule has 2 rings (SSSR count). The second-order valence-electron chi connectivity index (χ2n) is 4.19. The molecule has 0 saturated heterocycles. The van der Waals surface area contributed by atoms with Crippen LogP contribution in [0.15, 0.2) is 36.9 Å². The van der Waals surface area contributed by atoms with Crippen LogP contribution >= 0.6 is 0 Å². The highest BCUT2D eigenvalue weighted by Crippen LogP contribution is 2.28. The number of aryl methyl sites for hydroxylation is 2. The largest absolute Gasteiger partial charge is 0.0955 e. The van der Waals surface area contributed by atoms with Crippen molar-refractivity contribution in [1.29, 1.82) is 0 Å². The molecule has 0 spiro atoms. The lowest BCUT2D eigenvalue weighted by Gasteiger charge is -2.12. The maximum absolute atomic E-state index is 4.05. The van der Waals surface area contributed by atoms with Gasteiger partial charge in [0.05, 0.1) is 0 Å². The second-order valence-corrected chi connectivity index (χ2v) is 4.19. The highest BCUT2D eigenvalue weighted by Gasteiger charge is 2.07. The van der Waals surface area contributed by atoms with E-state index < -0.39 is 0 Å². The van der Waals surface area contributed by atoms with Crippen molar-refractivity contribution >= 4 is 16.3 Å². The maximum Gasteiger partial charge on any atom is -0.0148 e. The number of hydrogen-bond acceptors (Lipinski definition) is 0. The third-order valence-electron chi connectivity index (χ3n) is 2.93. The molecule has 0 nitrogen and oxygen atoms in total. The minimum Gasteiger partial charge on any atom is -0.0955 e. The van der Waals surface area contributed by atoms with Gasteiger partial charge in [-0.3, -0.25) is 0 Å². The smallest absolute Gasteiger partial charge is 0.0148 e. The molecule has 0 aliphatic carbocycles. The quantitative estimate of drug-likeness (QED) is 0.630. The lowest BCUT2D eigenvalue weighted by atomic mass is 9.92. The monoisotopic (exact) mass is 196 g/mol. The van der Waals surface area contributed by atoms with E-state index in [4.69, 9.17) is 0 Å². The molecular weight excluding hydrogens is 180 g/mol. The molecule has 76 valence electrons. The topological polar surface area (TPSA) is 0 Å². The van der Waals surface area contributed by atoms with Crippen molar-refractivity contribution in [2.75, 3.05) is 0 Å². The van der Waals surface area contributed by atoms with Gasteiger partial charge in [-0.15, -0.1) is 0 Å². The molecule has 0 heteroatoms. The molecule has 0 aromatic heterocycles. The third-order valence-corrected chi connectivity index (χ3v) is 2.93. The van der Waals surface area contributed by atoms with Gasteiger partial charge >= 0.3 is 0 Å². The zero-order valence-corrected chi connectivity index (χ0v) is 9.59. The first kappa shape index (κ1) is 9.97. The fraction of sp³-hybridized carbons (Fsp3) is 0.200. The van der Waals surface area contributed by atoms with Crippen LogP contribution in [0, 0.1) is 13.8 Å². The van der Waals surface area contributed by atoms with Crippen LogP contribution in [0.4, 0.5) is 0 Å². The fourth-order valence-corrected chi connectivity index (χ4v) is 2.36. The van der Waals surface area contributed by atoms with Crippen molar-refractivity contribution in [3.05, 3.63) is 53.6 Å². The average Bonchev–Trinajstić information content (AvgIpc) is 2.17. The van der Waals surface area contributed by atoms with Crippen molar-refractivity contribution < 1.29 is 0 Å². The third kappa shape index (κ3) is 1.56. The second kappa shape index (κ2) is 3.54. The summed E-state index contributed by atoms with van der Waals surface area (Å²) in [6.45, 7) is 10.5. The van der Waals surface area contributed by atoms with E-state index in [1.807, 2.05) is 0 Å². The number of fused-ring (bicyclic) bond motifs is 1. The molecule has 15 heavy (non-hydrogen) atoms. The molecule has 2 aromatic carbocycles. The number of benzene rings is 2. The molecule has 2 aromatic rings. The molecular formula is C15H16. The first-order valence-corrected chi connectivity index (χ1v) is 5.26. The Kier molecular flexibility index (Phi) is 2.36. The van der Waals surface area contributed by atoms with Crippen LogP contribution in [0.2, 0.25) is 0 Å². The van der Waals surface area contributed by atoms with Crippen LogP contribution in [-0.2, 0) is 0 Å². The van der Waals surface area contributed by atoms with Gasteiger partial charge in [0.1, 0.15) is 0 Å². The van der Waals surface area contributed by atoms with Gasteiger partial charge in [-0.2, -0.15) is 0 Å². The predicted molar refractivity (Wildman–Crippen MR) is 68.1 cm³/mol. The summed E-state index contributed by atoms with van der Waals surface area (Å²) in [4.78, 5) is 0. The van der Waals surface area contributed by atoms with Crippen LogP contribution in [-0.4, -0.2) is 0 Å². The van der Waals surface area contributed by atoms with Crippen molar-refractivity contribution in [1.82, 2.24) is 0 Å². The molecule has 0 amide bonds. The van der Waals surface area contributed by atoms with Crippen molar-refractivity contribution in [2.24, 2.45) is 0 Å². The van der Waals surface area contributed by atoms with E-state index in [0.717, 1.165) is 5.57 Å². The van der Waals surface area contributed by atoms with E-state index in [2.05, 4.69) is 57.7 Å². The number of hydrogen-bond donors (Lipinski definition) is 0. The minimum absolute atomic E-state index is 1.15. The maximum atomic E-state index is 4.05. The van der Waals surface area contributed by atoms with Crippen LogP contribution < -0.4 is 0 Å². The van der Waals surface area contributed by atoms with Crippen LogP contribution in [0.3, 0.4) is 0 Å². The summed E-state index contributed by atoms with van der Waals surface area (Å²) in [5, 5.41) is 2.65. The summed E-state index contributed by atoms with van der Waals surface area (Å²) in [6, 6.07) is 10.8. The highest BCUT2D eigenvalue weighted by molar-refractivity contribution is 5.91. The minimum atomic E-state index is 1.15. The average molecular weight is 196 g/mol. The molecule has 0 saturated carbocycles. The van der Waals surface area contributed by atoms with Crippen LogP contribution in [0.5, 0.6) is 0 Å². The van der Waals surface area contributed by atoms with Gasteiger partial charge in [-0.25, -0.2) is 0 Å². The Hall–Kier alpha value is -1.56. The van der Waals surface area contributed by atoms with E-state index in [1.165, 1.54) is 27.5 Å². The van der Waals surface area contributed by atoms with E-state index in [0.29, 0.717) is 0 Å². The molecule has 0 radical (unpaired) electrons. The summed E-state index contributed by atoms with van der Waals surface area (Å²) in [5.41, 5.74) is 5.13. The Bertz CT molecular complexity index is 533. The summed E-state index contributed by atoms with van der Waals surface area (Å²) >= 11 is 0. The molecule has 0 unspecified atom stereocenters. The normalized spacial score (nSPS) is 10.6. The highest BCUT2D eigenvalue weighted by atomic mass is 14.1. The Morgan fingerprint density at radius 3 is 2.47 bits per heavy atom. The lowest BCUT2D eigenvalue weighted by molar-refractivity contribution is 1.37. The Morgan fingerprint density at radius 1 is 1.13 bits per heavy atom. The molecule has 0 bridgehead atoms. The van der Waals surface area contributed by atoms with E-state index >= 15 is 0 Å². The van der Waals surface area contributed by atoms with Gasteiger partial charge in [-0.05, 0) is 48.2 Å². The van der Waals surface area contributed by atoms with Gasteiger partial charge in [0, 0.05) is 0 Å². The van der Waals surface area contributed by atoms with Crippen LogP contribution in [0.1, 0.15) is 23.6 Å². The predicted octanol–water partition coefficient (Wildman–Crippen LogP) is 4.49. The summed E-state index contributed by atoms with van der Waals surface area (Å²) in [6.07, 6.45) is 0. The van der Waals surface area contributed by atoms with Gasteiger partial charge in [-0.1, -0.05) is 42.5 Å². The van der Waals surface area contributed by atoms with Gasteiger partial charge in [0.15, 0.2) is 0 Å². The first-order valence-electron chi connectivity index (χ1n) is 5.26. The molecule has 0 fully saturated rings. The van der Waals surface area contributed by atoms with E-state index in [-0.39, 0.29) is 0 Å². The lowest BCUT2D eigenvalue weighted by Crippen LogP contribution is -1.91. The molecule has 0 atom stereocenters. The van der Waals surface area contributed by atoms with Crippen molar-refractivity contribution in [2.45, 2.75) is 20.8 Å². The summed E-state index contributed by atoms with van der Waals surface area (Å²) in [7, 11) is 0.